The van der Waals surface area contributed by atoms with Crippen LogP contribution in [0, 0.1) is 17.1 Å². The Morgan fingerprint density at radius 1 is 1.16 bits per heavy atom. The van der Waals surface area contributed by atoms with Crippen molar-refractivity contribution in [2.45, 2.75) is 31.8 Å². The van der Waals surface area contributed by atoms with Crippen LogP contribution in [0.5, 0.6) is 0 Å². The molecule has 168 valence electrons. The summed E-state index contributed by atoms with van der Waals surface area (Å²) in [5.41, 5.74) is 1.48. The van der Waals surface area contributed by atoms with Crippen molar-refractivity contribution in [3.63, 3.8) is 0 Å². The van der Waals surface area contributed by atoms with Crippen LogP contribution in [0.1, 0.15) is 18.9 Å². The smallest absolute Gasteiger partial charge is 0.325 e. The number of carbonyl (C=O) groups is 2. The monoisotopic (exact) mass is 438 g/mol. The van der Waals surface area contributed by atoms with E-state index in [4.69, 9.17) is 4.74 Å². The Morgan fingerprint density at radius 2 is 1.81 bits per heavy atom. The number of anilines is 1. The molecule has 3 rings (SSSR count). The molecule has 1 N–H and O–H groups in total. The first-order chi connectivity index (χ1) is 15.5. The van der Waals surface area contributed by atoms with Gasteiger partial charge in [0, 0.05) is 18.8 Å². The number of nitrogens with zero attached hydrogens (tertiary/aromatic N) is 3. The Morgan fingerprint density at radius 3 is 2.44 bits per heavy atom. The normalized spacial score (nSPS) is 15.3. The van der Waals surface area contributed by atoms with Crippen molar-refractivity contribution in [3.05, 3.63) is 66.0 Å². The number of amides is 3. The van der Waals surface area contributed by atoms with Gasteiger partial charge in [0.1, 0.15) is 17.9 Å². The molecule has 7 nitrogen and oxygen atoms in total. The highest BCUT2D eigenvalue weighted by molar-refractivity contribution is 5.99. The number of urea groups is 1. The van der Waals surface area contributed by atoms with Gasteiger partial charge in [-0.3, -0.25) is 9.69 Å². The summed E-state index contributed by atoms with van der Waals surface area (Å²) in [5.74, 6) is -0.884. The quantitative estimate of drug-likeness (QED) is 0.720. The van der Waals surface area contributed by atoms with Gasteiger partial charge in [0.15, 0.2) is 0 Å². The highest BCUT2D eigenvalue weighted by atomic mass is 19.1. The molecule has 0 saturated carbocycles. The van der Waals surface area contributed by atoms with Gasteiger partial charge in [-0.05, 0) is 49.6 Å². The Hall–Kier alpha value is -3.44. The third kappa shape index (κ3) is 6.05. The maximum Gasteiger partial charge on any atom is 0.325 e. The lowest BCUT2D eigenvalue weighted by molar-refractivity contribution is -0.122. The first-order valence-corrected chi connectivity index (χ1v) is 10.6. The van der Waals surface area contributed by atoms with E-state index in [-0.39, 0.29) is 6.03 Å². The van der Waals surface area contributed by atoms with E-state index < -0.39 is 23.8 Å². The van der Waals surface area contributed by atoms with Crippen LogP contribution >= 0.6 is 0 Å². The largest absolute Gasteiger partial charge is 0.378 e. The van der Waals surface area contributed by atoms with Gasteiger partial charge in [-0.15, -0.1) is 0 Å². The molecule has 0 unspecified atom stereocenters. The molecular weight excluding hydrogens is 411 g/mol. The minimum atomic E-state index is -0.900. The van der Waals surface area contributed by atoms with Crippen LogP contribution in [-0.2, 0) is 16.0 Å². The van der Waals surface area contributed by atoms with Crippen LogP contribution in [0.3, 0.4) is 0 Å². The SMILES string of the molecule is C[C@@H](C(=O)N[C@H](C#N)CCc1ccccc1)N(C(=O)N1CCOCC1)c1ccc(F)cc1. The first kappa shape index (κ1) is 23.2. The van der Waals surface area contributed by atoms with E-state index in [0.717, 1.165) is 5.56 Å². The van der Waals surface area contributed by atoms with Gasteiger partial charge in [0.25, 0.3) is 0 Å². The van der Waals surface area contributed by atoms with Crippen LogP contribution in [0.4, 0.5) is 14.9 Å². The zero-order valence-corrected chi connectivity index (χ0v) is 18.0. The summed E-state index contributed by atoms with van der Waals surface area (Å²) in [6, 6.07) is 15.3. The van der Waals surface area contributed by atoms with Gasteiger partial charge in [0.2, 0.25) is 5.91 Å². The molecule has 2 aromatic rings. The summed E-state index contributed by atoms with van der Waals surface area (Å²) < 4.78 is 18.8. The second-order valence-electron chi connectivity index (χ2n) is 7.62. The van der Waals surface area contributed by atoms with Gasteiger partial charge in [0.05, 0.1) is 19.3 Å². The predicted octanol–water partition coefficient (Wildman–Crippen LogP) is 3.11. The minimum Gasteiger partial charge on any atom is -0.378 e. The summed E-state index contributed by atoms with van der Waals surface area (Å²) >= 11 is 0. The van der Waals surface area contributed by atoms with Gasteiger partial charge < -0.3 is 15.0 Å². The lowest BCUT2D eigenvalue weighted by Gasteiger charge is -2.35. The molecule has 0 spiro atoms. The molecule has 1 aliphatic heterocycles. The maximum atomic E-state index is 13.5. The molecule has 2 atom stereocenters. The first-order valence-electron chi connectivity index (χ1n) is 10.6. The van der Waals surface area contributed by atoms with Gasteiger partial charge in [-0.1, -0.05) is 30.3 Å². The van der Waals surface area contributed by atoms with E-state index in [9.17, 15) is 19.2 Å². The van der Waals surface area contributed by atoms with Crippen LogP contribution in [0.15, 0.2) is 54.6 Å². The van der Waals surface area contributed by atoms with E-state index in [2.05, 4.69) is 11.4 Å². The summed E-state index contributed by atoms with van der Waals surface area (Å²) in [6.45, 7) is 3.24. The number of nitriles is 1. The molecule has 0 aliphatic carbocycles. The van der Waals surface area contributed by atoms with Crippen molar-refractivity contribution in [1.82, 2.24) is 10.2 Å². The molecule has 0 bridgehead atoms. The van der Waals surface area contributed by atoms with E-state index in [0.29, 0.717) is 44.8 Å². The van der Waals surface area contributed by atoms with Crippen LogP contribution in [0.25, 0.3) is 0 Å². The van der Waals surface area contributed by atoms with E-state index in [1.807, 2.05) is 30.3 Å². The molecule has 1 heterocycles. The van der Waals surface area contributed by atoms with Crippen molar-refractivity contribution >= 4 is 17.6 Å². The fourth-order valence-corrected chi connectivity index (χ4v) is 3.54. The average molecular weight is 439 g/mol. The Labute approximate surface area is 187 Å². The van der Waals surface area contributed by atoms with Crippen molar-refractivity contribution in [2.75, 3.05) is 31.2 Å². The molecule has 2 aromatic carbocycles. The zero-order chi connectivity index (χ0) is 22.9. The lowest BCUT2D eigenvalue weighted by atomic mass is 10.1. The Bertz CT molecular complexity index is 940. The minimum absolute atomic E-state index is 0.361. The van der Waals surface area contributed by atoms with E-state index in [1.165, 1.54) is 29.2 Å². The number of carbonyl (C=O) groups excluding carboxylic acids is 2. The van der Waals surface area contributed by atoms with E-state index >= 15 is 0 Å². The van der Waals surface area contributed by atoms with Crippen molar-refractivity contribution in [2.24, 2.45) is 0 Å². The lowest BCUT2D eigenvalue weighted by Crippen LogP contribution is -2.56. The number of morpholine rings is 1. The number of nitrogens with one attached hydrogen (secondary N) is 1. The topological polar surface area (TPSA) is 85.7 Å². The standard InChI is InChI=1S/C24H27FN4O3/c1-18(23(30)27-21(17-26)10-7-19-5-3-2-4-6-19)29(22-11-8-20(25)9-12-22)24(31)28-13-15-32-16-14-28/h2-6,8-9,11-12,18,21H,7,10,13-16H2,1H3,(H,27,30)/t18-,21-/m0/s1. The third-order valence-electron chi connectivity index (χ3n) is 5.40. The number of halogens is 1. The molecule has 0 aromatic heterocycles. The molecule has 1 fully saturated rings. The summed E-state index contributed by atoms with van der Waals surface area (Å²) in [5, 5.41) is 12.3. The Balaban J connectivity index is 1.72. The highest BCUT2D eigenvalue weighted by Gasteiger charge is 2.32. The van der Waals surface area contributed by atoms with Gasteiger partial charge >= 0.3 is 6.03 Å². The molecule has 32 heavy (non-hydrogen) atoms. The second-order valence-corrected chi connectivity index (χ2v) is 7.62. The van der Waals surface area contributed by atoms with Crippen LogP contribution in [0.2, 0.25) is 0 Å². The molecule has 0 radical (unpaired) electrons. The fraction of sp³-hybridized carbons (Fsp3) is 0.375. The van der Waals surface area contributed by atoms with Crippen molar-refractivity contribution in [1.29, 1.82) is 5.26 Å². The zero-order valence-electron chi connectivity index (χ0n) is 18.0. The fourth-order valence-electron chi connectivity index (χ4n) is 3.54. The molecular formula is C24H27FN4O3. The average Bonchev–Trinajstić information content (AvgIpc) is 2.84. The number of aryl methyl sites for hydroxylation is 1. The summed E-state index contributed by atoms with van der Waals surface area (Å²) in [6.07, 6.45) is 1.09. The maximum absolute atomic E-state index is 13.5. The molecule has 3 amide bonds. The summed E-state index contributed by atoms with van der Waals surface area (Å²) in [7, 11) is 0. The number of hydrogen-bond acceptors (Lipinski definition) is 4. The van der Waals surface area contributed by atoms with Crippen molar-refractivity contribution in [3.8, 4) is 6.07 Å². The number of rotatable bonds is 7. The van der Waals surface area contributed by atoms with E-state index in [1.54, 1.807) is 11.8 Å². The second kappa shape index (κ2) is 11.3. The van der Waals surface area contributed by atoms with Gasteiger partial charge in [-0.2, -0.15) is 5.26 Å². The van der Waals surface area contributed by atoms with Crippen molar-refractivity contribution < 1.29 is 18.7 Å². The predicted molar refractivity (Wildman–Crippen MR) is 118 cm³/mol. The van der Waals surface area contributed by atoms with Crippen LogP contribution < -0.4 is 10.2 Å². The van der Waals surface area contributed by atoms with Gasteiger partial charge in [-0.25, -0.2) is 9.18 Å². The highest BCUT2D eigenvalue weighted by Crippen LogP contribution is 2.21. The Kier molecular flexibility index (Phi) is 8.17. The molecule has 8 heteroatoms. The number of hydrogen-bond donors (Lipinski definition) is 1. The number of benzene rings is 2. The molecule has 1 saturated heterocycles. The third-order valence-corrected chi connectivity index (χ3v) is 5.40. The molecule has 1 aliphatic rings. The summed E-state index contributed by atoms with van der Waals surface area (Å²) in [4.78, 5) is 29.2. The van der Waals surface area contributed by atoms with Crippen LogP contribution in [-0.4, -0.2) is 55.2 Å². The number of ether oxygens (including phenoxy) is 1.